The van der Waals surface area contributed by atoms with Gasteiger partial charge in [-0.15, -0.1) is 0 Å². The fourth-order valence-corrected chi connectivity index (χ4v) is 2.65. The maximum atomic E-state index is 6.01. The number of nitrogens with zero attached hydrogens (tertiary/aromatic N) is 1. The third-order valence-corrected chi connectivity index (χ3v) is 3.77. The molecule has 3 rings (SSSR count). The van der Waals surface area contributed by atoms with Crippen LogP contribution in [0.3, 0.4) is 0 Å². The monoisotopic (exact) mass is 286 g/mol. The highest BCUT2D eigenvalue weighted by atomic mass is 14.9. The summed E-state index contributed by atoms with van der Waals surface area (Å²) < 4.78 is 0. The quantitative estimate of drug-likeness (QED) is 0.851. The van der Waals surface area contributed by atoms with Gasteiger partial charge in [-0.2, -0.15) is 0 Å². The molecule has 0 bridgehead atoms. The maximum absolute atomic E-state index is 6.01. The second-order valence-corrected chi connectivity index (χ2v) is 5.27. The molecule has 2 aromatic carbocycles. The summed E-state index contributed by atoms with van der Waals surface area (Å²) in [4.78, 5) is 4.55. The van der Waals surface area contributed by atoms with Crippen molar-refractivity contribution >= 4 is 23.7 Å². The molecule has 0 unspecified atom stereocenters. The van der Waals surface area contributed by atoms with Crippen LogP contribution < -0.4 is 5.73 Å². The first-order valence-electron chi connectivity index (χ1n) is 7.23. The van der Waals surface area contributed by atoms with Crippen molar-refractivity contribution in [2.45, 2.75) is 6.42 Å². The van der Waals surface area contributed by atoms with Crippen molar-refractivity contribution in [3.63, 3.8) is 0 Å². The second-order valence-electron chi connectivity index (χ2n) is 5.27. The van der Waals surface area contributed by atoms with Gasteiger partial charge in [-0.1, -0.05) is 61.7 Å². The zero-order valence-electron chi connectivity index (χ0n) is 12.4. The molecule has 2 nitrogen and oxygen atoms in total. The number of aliphatic imine (C=N–C) groups is 1. The Kier molecular flexibility index (Phi) is 3.75. The van der Waals surface area contributed by atoms with Crippen molar-refractivity contribution in [3.8, 4) is 11.1 Å². The van der Waals surface area contributed by atoms with E-state index in [1.807, 2.05) is 24.3 Å². The molecular weight excluding hydrogens is 268 g/mol. The number of fused-ring (bicyclic) bond motifs is 1. The number of amidine groups is 1. The van der Waals surface area contributed by atoms with E-state index in [4.69, 9.17) is 5.73 Å². The Labute approximate surface area is 131 Å². The Hall–Kier alpha value is -2.87. The lowest BCUT2D eigenvalue weighted by Gasteiger charge is -2.09. The van der Waals surface area contributed by atoms with Crippen LogP contribution in [-0.2, 0) is 0 Å². The largest absolute Gasteiger partial charge is 0.387 e. The molecule has 0 radical (unpaired) electrons. The molecule has 0 saturated carbocycles. The van der Waals surface area contributed by atoms with Crippen molar-refractivity contribution in [2.75, 3.05) is 0 Å². The highest BCUT2D eigenvalue weighted by molar-refractivity contribution is 5.91. The molecule has 2 aromatic rings. The van der Waals surface area contributed by atoms with Gasteiger partial charge in [-0.05, 0) is 34.4 Å². The minimum atomic E-state index is 0.610. The first kappa shape index (κ1) is 14.1. The van der Waals surface area contributed by atoms with Gasteiger partial charge in [0.25, 0.3) is 0 Å². The fraction of sp³-hybridized carbons (Fsp3) is 0.0500. The summed E-state index contributed by atoms with van der Waals surface area (Å²) in [5.41, 5.74) is 12.4. The van der Waals surface area contributed by atoms with Crippen LogP contribution in [0.1, 0.15) is 17.5 Å². The van der Waals surface area contributed by atoms with Crippen LogP contribution in [0, 0.1) is 0 Å². The minimum Gasteiger partial charge on any atom is -0.387 e. The van der Waals surface area contributed by atoms with Crippen molar-refractivity contribution in [3.05, 3.63) is 78.4 Å². The molecular formula is C20H18N2. The lowest BCUT2D eigenvalue weighted by atomic mass is 9.97. The van der Waals surface area contributed by atoms with Crippen molar-refractivity contribution in [1.82, 2.24) is 0 Å². The third kappa shape index (κ3) is 2.63. The van der Waals surface area contributed by atoms with E-state index in [1.54, 1.807) is 0 Å². The zero-order valence-corrected chi connectivity index (χ0v) is 12.4. The van der Waals surface area contributed by atoms with Crippen LogP contribution in [0.5, 0.6) is 0 Å². The molecule has 108 valence electrons. The van der Waals surface area contributed by atoms with E-state index in [0.29, 0.717) is 12.3 Å². The summed E-state index contributed by atoms with van der Waals surface area (Å²) in [6.45, 7) is 7.72. The van der Waals surface area contributed by atoms with Crippen molar-refractivity contribution in [2.24, 2.45) is 10.7 Å². The average Bonchev–Trinajstić information content (AvgIpc) is 2.71. The van der Waals surface area contributed by atoms with Crippen LogP contribution in [-0.4, -0.2) is 5.84 Å². The second kappa shape index (κ2) is 5.86. The van der Waals surface area contributed by atoms with Crippen molar-refractivity contribution in [1.29, 1.82) is 0 Å². The summed E-state index contributed by atoms with van der Waals surface area (Å²) in [7, 11) is 0. The Balaban J connectivity index is 2.16. The lowest BCUT2D eigenvalue weighted by molar-refractivity contribution is 1.32. The molecule has 1 aliphatic heterocycles. The minimum absolute atomic E-state index is 0.610. The van der Waals surface area contributed by atoms with Gasteiger partial charge >= 0.3 is 0 Å². The van der Waals surface area contributed by atoms with Gasteiger partial charge < -0.3 is 5.73 Å². The van der Waals surface area contributed by atoms with Crippen LogP contribution in [0.2, 0.25) is 0 Å². The van der Waals surface area contributed by atoms with E-state index in [0.717, 1.165) is 33.5 Å². The Bertz CT molecular complexity index is 810. The lowest BCUT2D eigenvalue weighted by Crippen LogP contribution is -2.10. The Morgan fingerprint density at radius 3 is 2.64 bits per heavy atom. The molecule has 0 saturated heterocycles. The highest BCUT2D eigenvalue weighted by Gasteiger charge is 2.10. The number of hydrogen-bond acceptors (Lipinski definition) is 2. The molecule has 0 aliphatic carbocycles. The van der Waals surface area contributed by atoms with Crippen LogP contribution >= 0.6 is 0 Å². The molecule has 0 atom stereocenters. The number of rotatable bonds is 3. The van der Waals surface area contributed by atoms with E-state index in [-0.39, 0.29) is 0 Å². The van der Waals surface area contributed by atoms with Gasteiger partial charge in [0.2, 0.25) is 0 Å². The summed E-state index contributed by atoms with van der Waals surface area (Å²) in [5, 5.41) is 0. The first-order valence-corrected chi connectivity index (χ1v) is 7.23. The number of allylic oxidation sites excluding steroid dienone is 1. The van der Waals surface area contributed by atoms with Gasteiger partial charge in [0.15, 0.2) is 0 Å². The summed E-state index contributed by atoms with van der Waals surface area (Å²) >= 11 is 0. The number of hydrogen-bond donors (Lipinski definition) is 1. The van der Waals surface area contributed by atoms with Gasteiger partial charge in [-0.25, -0.2) is 4.99 Å². The summed E-state index contributed by atoms with van der Waals surface area (Å²) in [5.74, 6) is 0.610. The standard InChI is InChI=1S/C20H18N2/c1-3-14-11-17-10-9-16(13-19(17)22-20(21)12-14)18-8-6-5-7-15(18)4-2/h3-11,13H,1-2,12H2,(H2,21,22). The van der Waals surface area contributed by atoms with Gasteiger partial charge in [0.05, 0.1) is 5.69 Å². The molecule has 2 N–H and O–H groups in total. The zero-order chi connectivity index (χ0) is 15.5. The molecule has 0 amide bonds. The fourth-order valence-electron chi connectivity index (χ4n) is 2.65. The summed E-state index contributed by atoms with van der Waals surface area (Å²) in [6.07, 6.45) is 6.43. The average molecular weight is 286 g/mol. The number of benzene rings is 2. The van der Waals surface area contributed by atoms with Crippen molar-refractivity contribution < 1.29 is 0 Å². The molecule has 22 heavy (non-hydrogen) atoms. The predicted molar refractivity (Wildman–Crippen MR) is 96.0 cm³/mol. The van der Waals surface area contributed by atoms with E-state index in [1.165, 1.54) is 0 Å². The van der Waals surface area contributed by atoms with Crippen LogP contribution in [0.4, 0.5) is 5.69 Å². The molecule has 1 heterocycles. The van der Waals surface area contributed by atoms with Crippen LogP contribution in [0.25, 0.3) is 23.3 Å². The maximum Gasteiger partial charge on any atom is 0.104 e. The highest BCUT2D eigenvalue weighted by Crippen LogP contribution is 2.33. The predicted octanol–water partition coefficient (Wildman–Crippen LogP) is 4.96. The number of nitrogens with two attached hydrogens (primary N) is 1. The van der Waals surface area contributed by atoms with Gasteiger partial charge in [0.1, 0.15) is 5.84 Å². The normalized spacial score (nSPS) is 13.5. The first-order chi connectivity index (χ1) is 10.7. The van der Waals surface area contributed by atoms with E-state index in [9.17, 15) is 0 Å². The third-order valence-electron chi connectivity index (χ3n) is 3.77. The molecule has 1 aliphatic rings. The van der Waals surface area contributed by atoms with E-state index < -0.39 is 0 Å². The summed E-state index contributed by atoms with van der Waals surface area (Å²) in [6, 6.07) is 14.5. The topological polar surface area (TPSA) is 38.4 Å². The Morgan fingerprint density at radius 1 is 1.05 bits per heavy atom. The van der Waals surface area contributed by atoms with Crippen LogP contribution in [0.15, 0.2) is 72.3 Å². The van der Waals surface area contributed by atoms with Gasteiger partial charge in [0, 0.05) is 12.0 Å². The molecule has 0 aromatic heterocycles. The molecule has 0 spiro atoms. The SMILES string of the molecule is C=CC1=Cc2ccc(-c3ccccc3C=C)cc2N=C(N)C1. The Morgan fingerprint density at radius 2 is 1.86 bits per heavy atom. The molecule has 0 fully saturated rings. The smallest absolute Gasteiger partial charge is 0.104 e. The molecule has 2 heteroatoms. The van der Waals surface area contributed by atoms with E-state index >= 15 is 0 Å². The van der Waals surface area contributed by atoms with E-state index in [2.05, 4.69) is 54.6 Å². The van der Waals surface area contributed by atoms with Gasteiger partial charge in [-0.3, -0.25) is 0 Å².